The van der Waals surface area contributed by atoms with Crippen molar-refractivity contribution in [1.82, 2.24) is 19.4 Å². The first-order valence-electron chi connectivity index (χ1n) is 10.6. The van der Waals surface area contributed by atoms with E-state index in [0.29, 0.717) is 11.1 Å². The predicted octanol–water partition coefficient (Wildman–Crippen LogP) is 3.70. The van der Waals surface area contributed by atoms with E-state index in [-0.39, 0.29) is 16.8 Å². The largest absolute Gasteiger partial charge is 0.335 e. The van der Waals surface area contributed by atoms with Crippen molar-refractivity contribution >= 4 is 26.9 Å². The fourth-order valence-corrected chi connectivity index (χ4v) is 4.79. The highest BCUT2D eigenvalue weighted by atomic mass is 32.2. The zero-order valence-electron chi connectivity index (χ0n) is 18.4. The molecule has 4 rings (SSSR count). The second-order valence-electron chi connectivity index (χ2n) is 8.41. The molecular formula is C23H28N4O3S. The number of benzene rings is 1. The van der Waals surface area contributed by atoms with Crippen molar-refractivity contribution in [3.63, 3.8) is 0 Å². The van der Waals surface area contributed by atoms with Crippen molar-refractivity contribution in [2.45, 2.75) is 57.0 Å². The first kappa shape index (κ1) is 21.5. The minimum Gasteiger partial charge on any atom is -0.335 e. The second kappa shape index (κ2) is 8.07. The molecule has 0 radical (unpaired) electrons. The van der Waals surface area contributed by atoms with Crippen LogP contribution in [-0.2, 0) is 22.8 Å². The summed E-state index contributed by atoms with van der Waals surface area (Å²) in [6.07, 6.45) is 5.47. The van der Waals surface area contributed by atoms with E-state index in [4.69, 9.17) is 9.97 Å². The molecule has 1 aromatic carbocycles. The van der Waals surface area contributed by atoms with Crippen LogP contribution in [0.4, 0.5) is 0 Å². The van der Waals surface area contributed by atoms with Crippen molar-refractivity contribution in [3.8, 4) is 0 Å². The fraction of sp³-hybridized carbons (Fsp3) is 0.435. The minimum atomic E-state index is -3.26. The molecule has 7 nitrogen and oxygen atoms in total. The van der Waals surface area contributed by atoms with Gasteiger partial charge in [0.2, 0.25) is 0 Å². The SMILES string of the molecule is Cc1cc(C(=O)N(C)[C@H](C)c2ccc(S(C)(=O)=O)cc2)c2nc3n(c2n1)CCCCC3. The van der Waals surface area contributed by atoms with Gasteiger partial charge in [0.25, 0.3) is 5.91 Å². The molecular weight excluding hydrogens is 412 g/mol. The average molecular weight is 441 g/mol. The Hall–Kier alpha value is -2.74. The molecule has 1 aliphatic rings. The molecule has 0 unspecified atom stereocenters. The summed E-state index contributed by atoms with van der Waals surface area (Å²) in [6, 6.07) is 8.27. The summed E-state index contributed by atoms with van der Waals surface area (Å²) in [6.45, 7) is 4.72. The Balaban J connectivity index is 1.68. The van der Waals surface area contributed by atoms with Crippen molar-refractivity contribution in [2.75, 3.05) is 13.3 Å². The van der Waals surface area contributed by atoms with Crippen LogP contribution in [0.2, 0.25) is 0 Å². The Morgan fingerprint density at radius 2 is 1.84 bits per heavy atom. The van der Waals surface area contributed by atoms with E-state index in [9.17, 15) is 13.2 Å². The van der Waals surface area contributed by atoms with Gasteiger partial charge < -0.3 is 9.47 Å². The van der Waals surface area contributed by atoms with Crippen molar-refractivity contribution < 1.29 is 13.2 Å². The number of carbonyl (C=O) groups is 1. The van der Waals surface area contributed by atoms with Gasteiger partial charge in [0, 0.05) is 32.0 Å². The lowest BCUT2D eigenvalue weighted by molar-refractivity contribution is 0.0744. The summed E-state index contributed by atoms with van der Waals surface area (Å²) >= 11 is 0. The number of aromatic nitrogens is 3. The first-order chi connectivity index (χ1) is 14.7. The average Bonchev–Trinajstić information content (AvgIpc) is 2.92. The maximum atomic E-state index is 13.5. The zero-order chi connectivity index (χ0) is 22.3. The lowest BCUT2D eigenvalue weighted by Crippen LogP contribution is -2.30. The number of hydrogen-bond acceptors (Lipinski definition) is 5. The maximum Gasteiger partial charge on any atom is 0.256 e. The van der Waals surface area contributed by atoms with Crippen LogP contribution >= 0.6 is 0 Å². The third kappa shape index (κ3) is 4.08. The quantitative estimate of drug-likeness (QED) is 0.617. The van der Waals surface area contributed by atoms with Crippen molar-refractivity contribution in [3.05, 3.63) is 53.0 Å². The molecule has 0 fully saturated rings. The molecule has 1 amide bonds. The molecule has 0 aliphatic carbocycles. The number of fused-ring (bicyclic) bond motifs is 3. The van der Waals surface area contributed by atoms with Crippen LogP contribution in [0.3, 0.4) is 0 Å². The summed E-state index contributed by atoms with van der Waals surface area (Å²) in [5, 5.41) is 0. The normalized spacial score (nSPS) is 15.4. The van der Waals surface area contributed by atoms with Gasteiger partial charge in [-0.25, -0.2) is 18.4 Å². The summed E-state index contributed by atoms with van der Waals surface area (Å²) in [4.78, 5) is 24.9. The Bertz CT molecular complexity index is 1250. The summed E-state index contributed by atoms with van der Waals surface area (Å²) in [5.41, 5.74) is 3.68. The van der Waals surface area contributed by atoms with Crippen LogP contribution in [-0.4, -0.2) is 47.1 Å². The molecule has 31 heavy (non-hydrogen) atoms. The van der Waals surface area contributed by atoms with E-state index in [1.807, 2.05) is 19.9 Å². The molecule has 0 saturated heterocycles. The number of carbonyl (C=O) groups excluding carboxylic acids is 1. The molecule has 0 spiro atoms. The molecule has 0 saturated carbocycles. The smallest absolute Gasteiger partial charge is 0.256 e. The van der Waals surface area contributed by atoms with Gasteiger partial charge in [0.1, 0.15) is 11.3 Å². The molecule has 3 aromatic rings. The summed E-state index contributed by atoms with van der Waals surface area (Å²) < 4.78 is 25.6. The van der Waals surface area contributed by atoms with E-state index in [0.717, 1.165) is 48.5 Å². The van der Waals surface area contributed by atoms with Gasteiger partial charge in [0.15, 0.2) is 15.5 Å². The van der Waals surface area contributed by atoms with E-state index in [2.05, 4.69) is 4.57 Å². The van der Waals surface area contributed by atoms with Gasteiger partial charge in [-0.2, -0.15) is 0 Å². The van der Waals surface area contributed by atoms with Crippen LogP contribution in [0.1, 0.15) is 59.7 Å². The number of amides is 1. The number of rotatable bonds is 4. The number of hydrogen-bond donors (Lipinski definition) is 0. The topological polar surface area (TPSA) is 85.2 Å². The van der Waals surface area contributed by atoms with Gasteiger partial charge in [-0.1, -0.05) is 18.6 Å². The highest BCUT2D eigenvalue weighted by Crippen LogP contribution is 2.27. The highest BCUT2D eigenvalue weighted by molar-refractivity contribution is 7.90. The molecule has 3 heterocycles. The van der Waals surface area contributed by atoms with Crippen LogP contribution in [0.25, 0.3) is 11.2 Å². The highest BCUT2D eigenvalue weighted by Gasteiger charge is 2.25. The van der Waals surface area contributed by atoms with Gasteiger partial charge >= 0.3 is 0 Å². The fourth-order valence-electron chi connectivity index (χ4n) is 4.16. The van der Waals surface area contributed by atoms with Crippen LogP contribution < -0.4 is 0 Å². The number of nitrogens with zero attached hydrogens (tertiary/aromatic N) is 4. The molecule has 1 atom stereocenters. The van der Waals surface area contributed by atoms with E-state index in [1.54, 1.807) is 36.2 Å². The lowest BCUT2D eigenvalue weighted by atomic mass is 10.1. The summed E-state index contributed by atoms with van der Waals surface area (Å²) in [5.74, 6) is 0.884. The number of pyridine rings is 1. The molecule has 1 aliphatic heterocycles. The monoisotopic (exact) mass is 440 g/mol. The molecule has 8 heteroatoms. The molecule has 2 aromatic heterocycles. The van der Waals surface area contributed by atoms with E-state index >= 15 is 0 Å². The summed E-state index contributed by atoms with van der Waals surface area (Å²) in [7, 11) is -1.49. The van der Waals surface area contributed by atoms with Crippen LogP contribution in [0, 0.1) is 6.92 Å². The van der Waals surface area contributed by atoms with Crippen molar-refractivity contribution in [2.24, 2.45) is 0 Å². The second-order valence-corrected chi connectivity index (χ2v) is 10.4. The van der Waals surface area contributed by atoms with E-state index < -0.39 is 9.84 Å². The van der Waals surface area contributed by atoms with Gasteiger partial charge in [0.05, 0.1) is 16.5 Å². The Labute approximate surface area is 183 Å². The van der Waals surface area contributed by atoms with Crippen molar-refractivity contribution in [1.29, 1.82) is 0 Å². The number of sulfone groups is 1. The molecule has 164 valence electrons. The lowest BCUT2D eigenvalue weighted by Gasteiger charge is -2.26. The number of imidazole rings is 1. The first-order valence-corrected chi connectivity index (χ1v) is 12.5. The van der Waals surface area contributed by atoms with E-state index in [1.165, 1.54) is 12.7 Å². The minimum absolute atomic E-state index is 0.122. The van der Waals surface area contributed by atoms with Crippen LogP contribution in [0.15, 0.2) is 35.2 Å². The molecule has 0 bridgehead atoms. The Kier molecular flexibility index (Phi) is 5.60. The maximum absolute atomic E-state index is 13.5. The predicted molar refractivity (Wildman–Crippen MR) is 120 cm³/mol. The Morgan fingerprint density at radius 1 is 1.13 bits per heavy atom. The van der Waals surface area contributed by atoms with Gasteiger partial charge in [-0.15, -0.1) is 0 Å². The standard InChI is InChI=1S/C23H28N4O3S/c1-15-14-19(21-22(24-15)27-13-7-5-6-8-20(27)25-21)23(28)26(3)16(2)17-9-11-18(12-10-17)31(4,29)30/h9-12,14,16H,5-8,13H2,1-4H3/t16-/m1/s1. The molecule has 0 N–H and O–H groups in total. The Morgan fingerprint density at radius 3 is 2.52 bits per heavy atom. The third-order valence-corrected chi connectivity index (χ3v) is 7.24. The van der Waals surface area contributed by atoms with Gasteiger partial charge in [-0.05, 0) is 50.5 Å². The van der Waals surface area contributed by atoms with Crippen LogP contribution in [0.5, 0.6) is 0 Å². The third-order valence-electron chi connectivity index (χ3n) is 6.11. The zero-order valence-corrected chi connectivity index (χ0v) is 19.2. The van der Waals surface area contributed by atoms with Gasteiger partial charge in [-0.3, -0.25) is 4.79 Å². The number of aryl methyl sites for hydroxylation is 3.